The van der Waals surface area contributed by atoms with Crippen molar-refractivity contribution in [1.29, 1.82) is 0 Å². The fourth-order valence-corrected chi connectivity index (χ4v) is 10.6. The van der Waals surface area contributed by atoms with E-state index >= 15 is 0 Å². The van der Waals surface area contributed by atoms with E-state index in [-0.39, 0.29) is 5.92 Å². The van der Waals surface area contributed by atoms with Crippen LogP contribution in [0.5, 0.6) is 0 Å². The standard InChI is InChI=1S/C61H38N2O4/c1-34(35-18-10-19-42-36-14-2-6-26-52(36)64-58(35)42)32-49(46-23-11-20-43-37-15-3-7-27-53(37)65-59(43)46)40-30-31-41-50(47-24-12-21-44-38-16-4-8-28-54(38)66-60(44)47)33-51(63-57(41)56(40)62)48-25-13-22-45-39-17-5-9-29-55(39)67-61(45)48/h2-34H,62H2,1H3/b49-32+/t34-/m0/s1. The Kier molecular flexibility index (Phi) is 8.01. The third-order valence-corrected chi connectivity index (χ3v) is 13.7. The minimum atomic E-state index is -0.111. The van der Waals surface area contributed by atoms with Crippen LogP contribution in [0, 0.1) is 0 Å². The largest absolute Gasteiger partial charge is 0.456 e. The van der Waals surface area contributed by atoms with Crippen LogP contribution in [0.3, 0.4) is 0 Å². The van der Waals surface area contributed by atoms with Crippen molar-refractivity contribution in [2.24, 2.45) is 0 Å². The van der Waals surface area contributed by atoms with Crippen LogP contribution >= 0.6 is 0 Å². The van der Waals surface area contributed by atoms with E-state index in [2.05, 4.69) is 146 Å². The average Bonchev–Trinajstić information content (AvgIpc) is 4.16. The highest BCUT2D eigenvalue weighted by atomic mass is 16.3. The number of allylic oxidation sites excluding steroid dienone is 1. The fraction of sp³-hybridized carbons (Fsp3) is 0.0328. The van der Waals surface area contributed by atoms with E-state index in [0.29, 0.717) is 11.2 Å². The highest BCUT2D eigenvalue weighted by Gasteiger charge is 2.24. The van der Waals surface area contributed by atoms with Crippen LogP contribution in [-0.2, 0) is 0 Å². The molecule has 6 heteroatoms. The van der Waals surface area contributed by atoms with Crippen molar-refractivity contribution < 1.29 is 17.7 Å². The molecule has 0 aliphatic heterocycles. The van der Waals surface area contributed by atoms with Gasteiger partial charge in [-0.2, -0.15) is 0 Å². The van der Waals surface area contributed by atoms with E-state index in [9.17, 15) is 0 Å². The molecule has 0 saturated carbocycles. The maximum atomic E-state index is 7.67. The van der Waals surface area contributed by atoms with Gasteiger partial charge in [-0.15, -0.1) is 0 Å². The van der Waals surface area contributed by atoms with Gasteiger partial charge in [0.25, 0.3) is 0 Å². The van der Waals surface area contributed by atoms with Gasteiger partial charge in [0.1, 0.15) is 44.7 Å². The number of benzene rings is 9. The third-order valence-electron chi connectivity index (χ3n) is 13.7. The van der Waals surface area contributed by atoms with Crippen molar-refractivity contribution in [2.75, 3.05) is 5.73 Å². The Morgan fingerprint density at radius 3 is 1.49 bits per heavy atom. The smallest absolute Gasteiger partial charge is 0.144 e. The topological polar surface area (TPSA) is 91.5 Å². The molecule has 5 heterocycles. The predicted octanol–water partition coefficient (Wildman–Crippen LogP) is 17.0. The molecule has 0 bridgehead atoms. The number of pyridine rings is 1. The van der Waals surface area contributed by atoms with Crippen molar-refractivity contribution in [3.8, 4) is 22.4 Å². The molecule has 0 fully saturated rings. The van der Waals surface area contributed by atoms with Crippen LogP contribution in [0.25, 0.3) is 127 Å². The van der Waals surface area contributed by atoms with Gasteiger partial charge in [0.05, 0.1) is 16.9 Å². The number of hydrogen-bond donors (Lipinski definition) is 1. The molecule has 0 amide bonds. The first kappa shape index (κ1) is 37.5. The Balaban J connectivity index is 1.06. The van der Waals surface area contributed by atoms with Crippen molar-refractivity contribution >= 4 is 110 Å². The van der Waals surface area contributed by atoms with E-state index < -0.39 is 0 Å². The minimum Gasteiger partial charge on any atom is -0.456 e. The lowest BCUT2D eigenvalue weighted by Gasteiger charge is -2.18. The molecule has 316 valence electrons. The minimum absolute atomic E-state index is 0.111. The summed E-state index contributed by atoms with van der Waals surface area (Å²) in [7, 11) is 0. The molecular formula is C61H38N2O4. The van der Waals surface area contributed by atoms with E-state index in [1.165, 1.54) is 0 Å². The molecule has 0 spiro atoms. The molecule has 1 atom stereocenters. The van der Waals surface area contributed by atoms with E-state index in [1.807, 2.05) is 54.6 Å². The Hall–Kier alpha value is -8.87. The molecule has 0 aliphatic rings. The van der Waals surface area contributed by atoms with Gasteiger partial charge < -0.3 is 23.4 Å². The number of anilines is 1. The van der Waals surface area contributed by atoms with Gasteiger partial charge in [0, 0.05) is 82.2 Å². The van der Waals surface area contributed by atoms with Gasteiger partial charge in [0.2, 0.25) is 0 Å². The molecule has 2 N–H and O–H groups in total. The number of fused-ring (bicyclic) bond motifs is 13. The normalized spacial score (nSPS) is 12.9. The lowest BCUT2D eigenvalue weighted by Crippen LogP contribution is -2.02. The molecule has 9 aromatic carbocycles. The Labute approximate surface area is 382 Å². The molecule has 6 nitrogen and oxygen atoms in total. The SMILES string of the molecule is C[C@@H](/C=C(\c1ccc2c(-c3cccc4c3oc3ccccc34)cc(-c3cccc4c3oc3ccccc34)nc2c1N)c1cccc2c1oc1ccccc12)c1cccc2c1oc1ccccc12. The Bertz CT molecular complexity index is 4390. The molecule has 67 heavy (non-hydrogen) atoms. The van der Waals surface area contributed by atoms with Crippen LogP contribution in [-0.4, -0.2) is 4.98 Å². The number of nitrogens with zero attached hydrogens (tertiary/aromatic N) is 1. The van der Waals surface area contributed by atoms with Crippen LogP contribution in [0.4, 0.5) is 5.69 Å². The Morgan fingerprint density at radius 1 is 0.418 bits per heavy atom. The van der Waals surface area contributed by atoms with Gasteiger partial charge >= 0.3 is 0 Å². The predicted molar refractivity (Wildman–Crippen MR) is 275 cm³/mol. The zero-order valence-electron chi connectivity index (χ0n) is 36.2. The Morgan fingerprint density at radius 2 is 0.881 bits per heavy atom. The molecule has 5 aromatic heterocycles. The van der Waals surface area contributed by atoms with Crippen LogP contribution < -0.4 is 5.73 Å². The lowest BCUT2D eigenvalue weighted by molar-refractivity contribution is 0.660. The second-order valence-electron chi connectivity index (χ2n) is 17.5. The molecule has 14 rings (SSSR count). The van der Waals surface area contributed by atoms with Crippen molar-refractivity contribution in [1.82, 2.24) is 4.98 Å². The number of aromatic nitrogens is 1. The summed E-state index contributed by atoms with van der Waals surface area (Å²) in [5.74, 6) is -0.111. The molecule has 0 unspecified atom stereocenters. The monoisotopic (exact) mass is 862 g/mol. The first-order valence-corrected chi connectivity index (χ1v) is 22.6. The average molecular weight is 863 g/mol. The van der Waals surface area contributed by atoms with Crippen molar-refractivity contribution in [3.05, 3.63) is 211 Å². The maximum absolute atomic E-state index is 7.67. The molecule has 0 saturated heterocycles. The number of hydrogen-bond acceptors (Lipinski definition) is 6. The van der Waals surface area contributed by atoms with Gasteiger partial charge in [-0.3, -0.25) is 0 Å². The zero-order valence-corrected chi connectivity index (χ0v) is 36.2. The van der Waals surface area contributed by atoms with E-state index in [4.69, 9.17) is 28.4 Å². The van der Waals surface area contributed by atoms with Crippen LogP contribution in [0.1, 0.15) is 29.5 Å². The van der Waals surface area contributed by atoms with Gasteiger partial charge in [0.15, 0.2) is 0 Å². The summed E-state index contributed by atoms with van der Waals surface area (Å²) in [6, 6.07) is 64.6. The maximum Gasteiger partial charge on any atom is 0.144 e. The number of furan rings is 4. The summed E-state index contributed by atoms with van der Waals surface area (Å²) in [5, 5.41) is 9.35. The first-order chi connectivity index (χ1) is 33.1. The number of rotatable bonds is 6. The van der Waals surface area contributed by atoms with Gasteiger partial charge in [-0.05, 0) is 47.5 Å². The summed E-state index contributed by atoms with van der Waals surface area (Å²) in [5.41, 5.74) is 22.7. The summed E-state index contributed by atoms with van der Waals surface area (Å²) in [6.07, 6.45) is 2.30. The molecule has 0 aliphatic carbocycles. The number of nitrogen functional groups attached to an aromatic ring is 1. The first-order valence-electron chi connectivity index (χ1n) is 22.6. The summed E-state index contributed by atoms with van der Waals surface area (Å²) in [4.78, 5) is 5.53. The van der Waals surface area contributed by atoms with Gasteiger partial charge in [-0.25, -0.2) is 4.98 Å². The van der Waals surface area contributed by atoms with Crippen LogP contribution in [0.15, 0.2) is 212 Å². The number of para-hydroxylation sites is 8. The summed E-state index contributed by atoms with van der Waals surface area (Å²) in [6.45, 7) is 2.22. The second kappa shape index (κ2) is 14.3. The highest BCUT2D eigenvalue weighted by molar-refractivity contribution is 6.16. The van der Waals surface area contributed by atoms with E-state index in [1.54, 1.807) is 0 Å². The van der Waals surface area contributed by atoms with Crippen LogP contribution in [0.2, 0.25) is 0 Å². The second-order valence-corrected chi connectivity index (χ2v) is 17.5. The summed E-state index contributed by atoms with van der Waals surface area (Å²) >= 11 is 0. The zero-order chi connectivity index (χ0) is 44.3. The van der Waals surface area contributed by atoms with Gasteiger partial charge in [-0.1, -0.05) is 165 Å². The molecular weight excluding hydrogens is 825 g/mol. The fourth-order valence-electron chi connectivity index (χ4n) is 10.6. The number of nitrogens with two attached hydrogens (primary N) is 1. The van der Waals surface area contributed by atoms with Crippen molar-refractivity contribution in [2.45, 2.75) is 12.8 Å². The molecule has 0 radical (unpaired) electrons. The van der Waals surface area contributed by atoms with Crippen molar-refractivity contribution in [3.63, 3.8) is 0 Å². The molecule has 14 aromatic rings. The third kappa shape index (κ3) is 5.60. The quantitative estimate of drug-likeness (QED) is 0.167. The van der Waals surface area contributed by atoms with E-state index in [0.717, 1.165) is 138 Å². The summed E-state index contributed by atoms with van der Waals surface area (Å²) < 4.78 is 26.7. The highest BCUT2D eigenvalue weighted by Crippen LogP contribution is 2.46. The lowest BCUT2D eigenvalue weighted by atomic mass is 9.87.